The fourth-order valence-electron chi connectivity index (χ4n) is 1.75. The number of carbonyl (C=O) groups is 1. The van der Waals surface area contributed by atoms with Crippen molar-refractivity contribution in [2.24, 2.45) is 0 Å². The van der Waals surface area contributed by atoms with Crippen molar-refractivity contribution in [3.05, 3.63) is 38.5 Å². The highest BCUT2D eigenvalue weighted by molar-refractivity contribution is 7.10. The van der Waals surface area contributed by atoms with E-state index in [0.29, 0.717) is 13.1 Å². The Labute approximate surface area is 127 Å². The van der Waals surface area contributed by atoms with Gasteiger partial charge < -0.3 is 10.6 Å². The second-order valence-corrected chi connectivity index (χ2v) is 6.32. The summed E-state index contributed by atoms with van der Waals surface area (Å²) in [6.07, 6.45) is 2.65. The molecule has 0 fully saturated rings. The summed E-state index contributed by atoms with van der Waals surface area (Å²) in [6, 6.07) is 4.00. The standard InChI is InChI=1S/C14H19N3OS2/c1-2-13-17-11(10-20-13)5-7-15-14(18)16-8-6-12-4-3-9-19-12/h3-4,9-10H,2,5-8H2,1H3,(H2,15,16,18). The SMILES string of the molecule is CCc1nc(CCNC(=O)NCCc2cccs2)cs1. The number of nitrogens with zero attached hydrogens (tertiary/aromatic N) is 1. The molecule has 0 aliphatic rings. The van der Waals surface area contributed by atoms with Gasteiger partial charge in [0.15, 0.2) is 0 Å². The van der Waals surface area contributed by atoms with Gasteiger partial charge in [-0.3, -0.25) is 0 Å². The van der Waals surface area contributed by atoms with Crippen molar-refractivity contribution in [3.63, 3.8) is 0 Å². The number of nitrogens with one attached hydrogen (secondary N) is 2. The number of thiazole rings is 1. The predicted octanol–water partition coefficient (Wildman–Crippen LogP) is 2.85. The Hall–Kier alpha value is -1.40. The van der Waals surface area contributed by atoms with Gasteiger partial charge in [0.05, 0.1) is 10.7 Å². The molecule has 2 aromatic heterocycles. The second-order valence-electron chi connectivity index (χ2n) is 4.35. The zero-order valence-corrected chi connectivity index (χ0v) is 13.1. The first-order chi connectivity index (χ1) is 9.78. The summed E-state index contributed by atoms with van der Waals surface area (Å²) in [5, 5.41) is 11.0. The molecule has 2 N–H and O–H groups in total. The highest BCUT2D eigenvalue weighted by atomic mass is 32.1. The molecule has 20 heavy (non-hydrogen) atoms. The van der Waals surface area contributed by atoms with Gasteiger partial charge in [-0.15, -0.1) is 22.7 Å². The maximum Gasteiger partial charge on any atom is 0.314 e. The molecule has 2 heterocycles. The highest BCUT2D eigenvalue weighted by Crippen LogP contribution is 2.10. The van der Waals surface area contributed by atoms with Crippen molar-refractivity contribution in [2.75, 3.05) is 13.1 Å². The predicted molar refractivity (Wildman–Crippen MR) is 84.6 cm³/mol. The van der Waals surface area contributed by atoms with E-state index in [4.69, 9.17) is 0 Å². The first kappa shape index (κ1) is 15.0. The molecule has 0 bridgehead atoms. The lowest BCUT2D eigenvalue weighted by Gasteiger charge is -2.06. The van der Waals surface area contributed by atoms with Gasteiger partial charge in [-0.1, -0.05) is 13.0 Å². The monoisotopic (exact) mass is 309 g/mol. The molecule has 0 aliphatic carbocycles. The number of carbonyl (C=O) groups excluding carboxylic acids is 1. The summed E-state index contributed by atoms with van der Waals surface area (Å²) in [5.74, 6) is 0. The number of hydrogen-bond donors (Lipinski definition) is 2. The largest absolute Gasteiger partial charge is 0.338 e. The number of rotatable bonds is 7. The molecule has 0 spiro atoms. The molecule has 2 rings (SSSR count). The second kappa shape index (κ2) is 8.01. The van der Waals surface area contributed by atoms with Crippen molar-refractivity contribution in [2.45, 2.75) is 26.2 Å². The average Bonchev–Trinajstić information content (AvgIpc) is 3.10. The molecule has 0 atom stereocenters. The van der Waals surface area contributed by atoms with E-state index in [1.165, 1.54) is 4.88 Å². The maximum absolute atomic E-state index is 11.6. The minimum Gasteiger partial charge on any atom is -0.338 e. The molecule has 0 aliphatic heterocycles. The summed E-state index contributed by atoms with van der Waals surface area (Å²) >= 11 is 3.40. The van der Waals surface area contributed by atoms with Crippen molar-refractivity contribution >= 4 is 28.7 Å². The molecule has 2 aromatic rings. The van der Waals surface area contributed by atoms with Crippen molar-refractivity contribution < 1.29 is 4.79 Å². The normalized spacial score (nSPS) is 10.4. The first-order valence-electron chi connectivity index (χ1n) is 6.75. The van der Waals surface area contributed by atoms with Crippen LogP contribution in [0.15, 0.2) is 22.9 Å². The van der Waals surface area contributed by atoms with Crippen LogP contribution in [0.5, 0.6) is 0 Å². The molecular formula is C14H19N3OS2. The molecule has 2 amide bonds. The van der Waals surface area contributed by atoms with Crippen LogP contribution in [-0.4, -0.2) is 24.1 Å². The van der Waals surface area contributed by atoms with E-state index in [1.807, 2.05) is 11.4 Å². The van der Waals surface area contributed by atoms with Crippen LogP contribution in [0.1, 0.15) is 22.5 Å². The summed E-state index contributed by atoms with van der Waals surface area (Å²) in [7, 11) is 0. The number of urea groups is 1. The quantitative estimate of drug-likeness (QED) is 0.826. The van der Waals surface area contributed by atoms with Crippen LogP contribution in [0.4, 0.5) is 4.79 Å². The van der Waals surface area contributed by atoms with Gasteiger partial charge in [0.2, 0.25) is 0 Å². The molecule has 0 saturated heterocycles. The highest BCUT2D eigenvalue weighted by Gasteiger charge is 2.03. The first-order valence-corrected chi connectivity index (χ1v) is 8.51. The number of thiophene rings is 1. The lowest BCUT2D eigenvalue weighted by atomic mass is 10.3. The Morgan fingerprint density at radius 3 is 2.70 bits per heavy atom. The summed E-state index contributed by atoms with van der Waals surface area (Å²) in [5.41, 5.74) is 1.06. The van der Waals surface area contributed by atoms with Gasteiger partial charge in [-0.25, -0.2) is 9.78 Å². The van der Waals surface area contributed by atoms with E-state index in [9.17, 15) is 4.79 Å². The lowest BCUT2D eigenvalue weighted by Crippen LogP contribution is -2.37. The molecule has 4 nitrogen and oxygen atoms in total. The third-order valence-corrected chi connectivity index (χ3v) is 4.78. The Kier molecular flexibility index (Phi) is 6.01. The van der Waals surface area contributed by atoms with Crippen LogP contribution in [0.25, 0.3) is 0 Å². The molecule has 0 unspecified atom stereocenters. The molecular weight excluding hydrogens is 290 g/mol. The Balaban J connectivity index is 1.58. The zero-order valence-electron chi connectivity index (χ0n) is 11.5. The minimum absolute atomic E-state index is 0.104. The molecule has 0 aromatic carbocycles. The van der Waals surface area contributed by atoms with Crippen molar-refractivity contribution in [1.29, 1.82) is 0 Å². The van der Waals surface area contributed by atoms with E-state index < -0.39 is 0 Å². The van der Waals surface area contributed by atoms with Gasteiger partial charge in [0.1, 0.15) is 0 Å². The Morgan fingerprint density at radius 2 is 2.05 bits per heavy atom. The Bertz CT molecular complexity index is 522. The minimum atomic E-state index is -0.104. The summed E-state index contributed by atoms with van der Waals surface area (Å²) < 4.78 is 0. The number of hydrogen-bond acceptors (Lipinski definition) is 4. The van der Waals surface area contributed by atoms with Gasteiger partial charge >= 0.3 is 6.03 Å². The fraction of sp³-hybridized carbons (Fsp3) is 0.429. The Morgan fingerprint density at radius 1 is 1.25 bits per heavy atom. The number of aromatic nitrogens is 1. The van der Waals surface area contributed by atoms with Crippen LogP contribution >= 0.6 is 22.7 Å². The fourth-order valence-corrected chi connectivity index (χ4v) is 3.24. The van der Waals surface area contributed by atoms with Crippen LogP contribution in [0.3, 0.4) is 0 Å². The van der Waals surface area contributed by atoms with Gasteiger partial charge in [0, 0.05) is 29.8 Å². The van der Waals surface area contributed by atoms with E-state index >= 15 is 0 Å². The molecule has 108 valence electrons. The van der Waals surface area contributed by atoms with Gasteiger partial charge in [-0.05, 0) is 24.3 Å². The number of aryl methyl sites for hydroxylation is 1. The summed E-state index contributed by atoms with van der Waals surface area (Å²) in [6.45, 7) is 3.39. The van der Waals surface area contributed by atoms with Crippen molar-refractivity contribution in [3.8, 4) is 0 Å². The van der Waals surface area contributed by atoms with E-state index in [2.05, 4.69) is 34.0 Å². The van der Waals surface area contributed by atoms with E-state index in [-0.39, 0.29) is 6.03 Å². The van der Waals surface area contributed by atoms with Gasteiger partial charge in [0.25, 0.3) is 0 Å². The smallest absolute Gasteiger partial charge is 0.314 e. The lowest BCUT2D eigenvalue weighted by molar-refractivity contribution is 0.241. The van der Waals surface area contributed by atoms with E-state index in [0.717, 1.165) is 30.0 Å². The van der Waals surface area contributed by atoms with Crippen LogP contribution in [0, 0.1) is 0 Å². The van der Waals surface area contributed by atoms with Crippen LogP contribution in [0.2, 0.25) is 0 Å². The summed E-state index contributed by atoms with van der Waals surface area (Å²) in [4.78, 5) is 17.3. The number of amides is 2. The van der Waals surface area contributed by atoms with E-state index in [1.54, 1.807) is 22.7 Å². The third-order valence-electron chi connectivity index (χ3n) is 2.81. The molecule has 0 saturated carbocycles. The topological polar surface area (TPSA) is 54.0 Å². The van der Waals surface area contributed by atoms with Gasteiger partial charge in [-0.2, -0.15) is 0 Å². The molecule has 0 radical (unpaired) electrons. The zero-order chi connectivity index (χ0) is 14.2. The molecule has 6 heteroatoms. The maximum atomic E-state index is 11.6. The van der Waals surface area contributed by atoms with Crippen LogP contribution in [-0.2, 0) is 19.3 Å². The average molecular weight is 309 g/mol. The van der Waals surface area contributed by atoms with Crippen LogP contribution < -0.4 is 10.6 Å². The third kappa shape index (κ3) is 4.94. The van der Waals surface area contributed by atoms with Crippen molar-refractivity contribution in [1.82, 2.24) is 15.6 Å².